The summed E-state index contributed by atoms with van der Waals surface area (Å²) >= 11 is 0. The van der Waals surface area contributed by atoms with Crippen molar-refractivity contribution in [2.45, 2.75) is 12.5 Å². The predicted molar refractivity (Wildman–Crippen MR) is 34.8 cm³/mol. The highest BCUT2D eigenvalue weighted by Crippen LogP contribution is 1.86. The fourth-order valence-electron chi connectivity index (χ4n) is 0.504. The zero-order valence-electron chi connectivity index (χ0n) is 5.61. The van der Waals surface area contributed by atoms with Gasteiger partial charge in [0.1, 0.15) is 6.29 Å². The predicted octanol–water partition coefficient (Wildman–Crippen LogP) is -1.30. The van der Waals surface area contributed by atoms with Gasteiger partial charge in [0.05, 0.1) is 12.5 Å². The van der Waals surface area contributed by atoms with E-state index in [0.717, 1.165) is 0 Å². The molecule has 0 saturated carbocycles. The van der Waals surface area contributed by atoms with Gasteiger partial charge in [0.25, 0.3) is 0 Å². The van der Waals surface area contributed by atoms with Crippen LogP contribution in [0.25, 0.3) is 0 Å². The van der Waals surface area contributed by atoms with E-state index in [1.807, 2.05) is 5.32 Å². The van der Waals surface area contributed by atoms with Crippen molar-refractivity contribution in [1.82, 2.24) is 5.32 Å². The van der Waals surface area contributed by atoms with Crippen LogP contribution in [0.3, 0.4) is 0 Å². The quantitative estimate of drug-likeness (QED) is 0.444. The molecule has 0 aromatic rings. The molecule has 0 radical (unpaired) electrons. The number of primary amides is 1. The second kappa shape index (κ2) is 4.26. The Morgan fingerprint density at radius 1 is 1.64 bits per heavy atom. The summed E-state index contributed by atoms with van der Waals surface area (Å²) in [5.74, 6) is -1.17. The number of carboxylic acid groups (broad SMARTS) is 1. The summed E-state index contributed by atoms with van der Waals surface area (Å²) in [5, 5.41) is 10.1. The minimum absolute atomic E-state index is 0.318. The first-order chi connectivity index (χ1) is 5.06. The second-order valence-corrected chi connectivity index (χ2v) is 1.85. The number of aliphatic carboxylic acids is 1. The zero-order chi connectivity index (χ0) is 8.85. The molecule has 6 nitrogen and oxygen atoms in total. The standard InChI is InChI=1S/C5H8N2O4/c6-5(11)7-3(2-8)1-4(9)10/h2-3H,1H2,(H,9,10)(H3,6,7,11)/t3-/m0/s1. The van der Waals surface area contributed by atoms with Gasteiger partial charge in [0.15, 0.2) is 0 Å². The number of carboxylic acids is 1. The van der Waals surface area contributed by atoms with E-state index in [4.69, 9.17) is 5.11 Å². The van der Waals surface area contributed by atoms with Crippen molar-refractivity contribution >= 4 is 18.3 Å². The Morgan fingerprint density at radius 3 is 2.45 bits per heavy atom. The van der Waals surface area contributed by atoms with Gasteiger partial charge in [-0.15, -0.1) is 0 Å². The van der Waals surface area contributed by atoms with E-state index < -0.39 is 24.5 Å². The molecule has 1 atom stereocenters. The fraction of sp³-hybridized carbons (Fsp3) is 0.400. The summed E-state index contributed by atoms with van der Waals surface area (Å²) in [6.45, 7) is 0. The third kappa shape index (κ3) is 4.89. The van der Waals surface area contributed by atoms with Crippen LogP contribution in [0.15, 0.2) is 0 Å². The van der Waals surface area contributed by atoms with Crippen molar-refractivity contribution in [2.24, 2.45) is 5.73 Å². The summed E-state index contributed by atoms with van der Waals surface area (Å²) < 4.78 is 0. The second-order valence-electron chi connectivity index (χ2n) is 1.85. The van der Waals surface area contributed by atoms with Crippen molar-refractivity contribution in [2.75, 3.05) is 0 Å². The maximum absolute atomic E-state index is 10.1. The fourth-order valence-corrected chi connectivity index (χ4v) is 0.504. The molecule has 0 aromatic heterocycles. The highest BCUT2D eigenvalue weighted by Gasteiger charge is 2.12. The van der Waals surface area contributed by atoms with Crippen molar-refractivity contribution in [3.05, 3.63) is 0 Å². The lowest BCUT2D eigenvalue weighted by molar-refractivity contribution is -0.138. The Morgan fingerprint density at radius 2 is 2.18 bits per heavy atom. The molecule has 0 rings (SSSR count). The van der Waals surface area contributed by atoms with E-state index in [1.54, 1.807) is 0 Å². The van der Waals surface area contributed by atoms with E-state index in [-0.39, 0.29) is 0 Å². The normalized spacial score (nSPS) is 11.6. The summed E-state index contributed by atoms with van der Waals surface area (Å²) in [7, 11) is 0. The lowest BCUT2D eigenvalue weighted by Crippen LogP contribution is -2.40. The summed E-state index contributed by atoms with van der Waals surface area (Å²) in [5.41, 5.74) is 4.64. The molecule has 6 heteroatoms. The van der Waals surface area contributed by atoms with Crippen molar-refractivity contribution in [1.29, 1.82) is 0 Å². The number of urea groups is 1. The third-order valence-corrected chi connectivity index (χ3v) is 0.886. The molecule has 0 spiro atoms. The summed E-state index contributed by atoms with van der Waals surface area (Å²) in [6, 6.07) is -1.95. The molecule has 0 aromatic carbocycles. The number of aldehydes is 1. The molecular weight excluding hydrogens is 152 g/mol. The van der Waals surface area contributed by atoms with E-state index in [2.05, 4.69) is 5.73 Å². The molecule has 0 aliphatic rings. The first-order valence-corrected chi connectivity index (χ1v) is 2.79. The van der Waals surface area contributed by atoms with Crippen LogP contribution in [-0.4, -0.2) is 29.4 Å². The van der Waals surface area contributed by atoms with E-state index in [1.165, 1.54) is 0 Å². The molecule has 0 fully saturated rings. The number of rotatable bonds is 4. The lowest BCUT2D eigenvalue weighted by Gasteiger charge is -2.06. The van der Waals surface area contributed by atoms with Crippen LogP contribution in [0.4, 0.5) is 4.79 Å². The van der Waals surface area contributed by atoms with Gasteiger partial charge in [0, 0.05) is 0 Å². The first-order valence-electron chi connectivity index (χ1n) is 2.79. The van der Waals surface area contributed by atoms with Crippen molar-refractivity contribution in [3.8, 4) is 0 Å². The van der Waals surface area contributed by atoms with Crippen LogP contribution in [0.2, 0.25) is 0 Å². The van der Waals surface area contributed by atoms with Crippen molar-refractivity contribution in [3.63, 3.8) is 0 Å². The number of carbonyl (C=O) groups excluding carboxylic acids is 2. The Balaban J connectivity index is 3.85. The molecule has 0 saturated heterocycles. The Labute approximate surface area is 62.4 Å². The molecule has 62 valence electrons. The van der Waals surface area contributed by atoms with Gasteiger partial charge >= 0.3 is 12.0 Å². The maximum Gasteiger partial charge on any atom is 0.312 e. The Bertz CT molecular complexity index is 163. The summed E-state index contributed by atoms with van der Waals surface area (Å²) in [4.78, 5) is 30.2. The van der Waals surface area contributed by atoms with Gasteiger partial charge in [-0.05, 0) is 0 Å². The van der Waals surface area contributed by atoms with Crippen LogP contribution in [0.1, 0.15) is 6.42 Å². The average molecular weight is 160 g/mol. The van der Waals surface area contributed by atoms with Gasteiger partial charge in [-0.25, -0.2) is 4.79 Å². The Kier molecular flexibility index (Phi) is 3.65. The van der Waals surface area contributed by atoms with Crippen LogP contribution >= 0.6 is 0 Å². The molecule has 2 amide bonds. The van der Waals surface area contributed by atoms with E-state index in [9.17, 15) is 14.4 Å². The van der Waals surface area contributed by atoms with Gasteiger partial charge in [-0.2, -0.15) is 0 Å². The monoisotopic (exact) mass is 160 g/mol. The third-order valence-electron chi connectivity index (χ3n) is 0.886. The minimum Gasteiger partial charge on any atom is -0.481 e. The van der Waals surface area contributed by atoms with Crippen molar-refractivity contribution < 1.29 is 19.5 Å². The smallest absolute Gasteiger partial charge is 0.312 e. The van der Waals surface area contributed by atoms with Crippen LogP contribution in [0.5, 0.6) is 0 Å². The molecule has 0 bridgehead atoms. The first kappa shape index (κ1) is 9.41. The number of nitrogens with two attached hydrogens (primary N) is 1. The van der Waals surface area contributed by atoms with Gasteiger partial charge < -0.3 is 21.0 Å². The minimum atomic E-state index is -1.17. The summed E-state index contributed by atoms with van der Waals surface area (Å²) in [6.07, 6.45) is -0.134. The highest BCUT2D eigenvalue weighted by atomic mass is 16.4. The number of amides is 2. The largest absolute Gasteiger partial charge is 0.481 e. The molecule has 11 heavy (non-hydrogen) atoms. The number of hydrogen-bond acceptors (Lipinski definition) is 3. The van der Waals surface area contributed by atoms with Crippen LogP contribution < -0.4 is 11.1 Å². The van der Waals surface area contributed by atoms with Crippen LogP contribution in [0, 0.1) is 0 Å². The maximum atomic E-state index is 10.1. The van der Waals surface area contributed by atoms with Crippen LogP contribution in [-0.2, 0) is 9.59 Å². The van der Waals surface area contributed by atoms with Gasteiger partial charge in [0.2, 0.25) is 0 Å². The van der Waals surface area contributed by atoms with Gasteiger partial charge in [-0.3, -0.25) is 4.79 Å². The van der Waals surface area contributed by atoms with E-state index >= 15 is 0 Å². The molecule has 0 unspecified atom stereocenters. The average Bonchev–Trinajstić information content (AvgIpc) is 1.84. The molecule has 0 aliphatic heterocycles. The lowest BCUT2D eigenvalue weighted by atomic mass is 10.2. The molecule has 0 aliphatic carbocycles. The van der Waals surface area contributed by atoms with E-state index in [0.29, 0.717) is 6.29 Å². The Hall–Kier alpha value is -1.59. The SMILES string of the molecule is NC(=O)N[C@H](C=O)CC(=O)O. The van der Waals surface area contributed by atoms with Gasteiger partial charge in [-0.1, -0.05) is 0 Å². The number of hydrogen-bond donors (Lipinski definition) is 3. The zero-order valence-corrected chi connectivity index (χ0v) is 5.61. The topological polar surface area (TPSA) is 109 Å². The number of nitrogens with one attached hydrogen (secondary N) is 1. The highest BCUT2D eigenvalue weighted by molar-refractivity contribution is 5.80. The number of carbonyl (C=O) groups is 3. The molecular formula is C5H8N2O4. The molecule has 0 heterocycles. The molecule has 4 N–H and O–H groups in total.